The summed E-state index contributed by atoms with van der Waals surface area (Å²) in [7, 11) is 0. The summed E-state index contributed by atoms with van der Waals surface area (Å²) in [4.78, 5) is 49.7. The lowest BCUT2D eigenvalue weighted by Crippen LogP contribution is -2.33. The van der Waals surface area contributed by atoms with Crippen molar-refractivity contribution in [2.75, 3.05) is 0 Å². The molecule has 0 aliphatic carbocycles. The van der Waals surface area contributed by atoms with Crippen molar-refractivity contribution in [3.8, 4) is 23.4 Å². The van der Waals surface area contributed by atoms with E-state index < -0.39 is 34.4 Å². The highest BCUT2D eigenvalue weighted by molar-refractivity contribution is 6.37. The second kappa shape index (κ2) is 10.1. The van der Waals surface area contributed by atoms with Gasteiger partial charge in [-0.2, -0.15) is 9.94 Å². The van der Waals surface area contributed by atoms with Gasteiger partial charge in [0.15, 0.2) is 5.75 Å². The minimum Gasteiger partial charge on any atom is -0.481 e. The number of aromatic amines is 1. The van der Waals surface area contributed by atoms with Crippen LogP contribution in [0.2, 0.25) is 10.0 Å². The molecule has 0 fully saturated rings. The van der Waals surface area contributed by atoms with E-state index in [1.807, 2.05) is 4.98 Å². The van der Waals surface area contributed by atoms with Gasteiger partial charge in [-0.3, -0.25) is 19.4 Å². The third-order valence-electron chi connectivity index (χ3n) is 4.84. The monoisotopic (exact) mass is 520 g/mol. The van der Waals surface area contributed by atoms with Gasteiger partial charge in [0.25, 0.3) is 11.1 Å². The lowest BCUT2D eigenvalue weighted by atomic mass is 10.1. The summed E-state index contributed by atoms with van der Waals surface area (Å²) < 4.78 is 7.50. The predicted octanol–water partition coefficient (Wildman–Crippen LogP) is 2.29. The number of benzene rings is 1. The van der Waals surface area contributed by atoms with Crippen LogP contribution in [-0.4, -0.2) is 35.6 Å². The zero-order valence-corrected chi connectivity index (χ0v) is 20.1. The molecule has 3 aromatic rings. The largest absolute Gasteiger partial charge is 0.481 e. The number of hydrogen-bond donors (Lipinski definition) is 2. The Labute approximate surface area is 206 Å². The van der Waals surface area contributed by atoms with E-state index in [2.05, 4.69) is 10.2 Å². The van der Waals surface area contributed by atoms with Gasteiger partial charge in [-0.05, 0) is 18.1 Å². The van der Waals surface area contributed by atoms with Crippen molar-refractivity contribution in [2.45, 2.75) is 33.2 Å². The fraction of sp³-hybridized carbons (Fsp3) is 0.286. The fourth-order valence-electron chi connectivity index (χ4n) is 2.98. The molecular formula is C21H18Cl2N6O6. The van der Waals surface area contributed by atoms with Crippen LogP contribution in [0.25, 0.3) is 5.69 Å². The summed E-state index contributed by atoms with van der Waals surface area (Å²) in [5.41, 5.74) is -2.47. The molecule has 0 amide bonds. The zero-order valence-electron chi connectivity index (χ0n) is 18.6. The molecule has 2 aromatic heterocycles. The van der Waals surface area contributed by atoms with Crippen molar-refractivity contribution in [3.63, 3.8) is 0 Å². The fourth-order valence-corrected chi connectivity index (χ4v) is 3.53. The van der Waals surface area contributed by atoms with Crippen LogP contribution >= 0.6 is 23.2 Å². The number of nitrogens with zero attached hydrogens (tertiary/aromatic N) is 5. The summed E-state index contributed by atoms with van der Waals surface area (Å²) in [6.07, 6.45) is 0. The Morgan fingerprint density at radius 2 is 1.80 bits per heavy atom. The smallest absolute Gasteiger partial charge is 0.349 e. The van der Waals surface area contributed by atoms with E-state index in [1.165, 1.54) is 25.1 Å². The van der Waals surface area contributed by atoms with E-state index in [1.54, 1.807) is 19.9 Å². The number of carboxylic acids is 1. The van der Waals surface area contributed by atoms with Gasteiger partial charge < -0.3 is 9.84 Å². The second-order valence-electron chi connectivity index (χ2n) is 7.79. The Hall–Kier alpha value is -3.95. The normalized spacial score (nSPS) is 11.8. The van der Waals surface area contributed by atoms with E-state index >= 15 is 0 Å². The quantitative estimate of drug-likeness (QED) is 0.473. The maximum Gasteiger partial charge on any atom is 0.349 e. The molecule has 35 heavy (non-hydrogen) atoms. The molecule has 2 heterocycles. The van der Waals surface area contributed by atoms with Crippen molar-refractivity contribution in [2.24, 2.45) is 5.92 Å². The number of carbonyl (C=O) groups is 1. The third kappa shape index (κ3) is 5.42. The van der Waals surface area contributed by atoms with E-state index in [9.17, 15) is 24.3 Å². The molecule has 12 nitrogen and oxygen atoms in total. The molecule has 0 bridgehead atoms. The maximum absolute atomic E-state index is 12.7. The summed E-state index contributed by atoms with van der Waals surface area (Å²) >= 11 is 12.7. The number of rotatable bonds is 7. The molecule has 182 valence electrons. The van der Waals surface area contributed by atoms with Crippen LogP contribution in [0.1, 0.15) is 37.9 Å². The number of aliphatic carboxylic acids is 1. The van der Waals surface area contributed by atoms with Crippen LogP contribution in [0.15, 0.2) is 32.6 Å². The average molecular weight is 521 g/mol. The van der Waals surface area contributed by atoms with Crippen LogP contribution < -0.4 is 21.5 Å². The summed E-state index contributed by atoms with van der Waals surface area (Å²) in [6, 6.07) is 5.51. The van der Waals surface area contributed by atoms with Gasteiger partial charge in [-0.15, -0.1) is 10.2 Å². The summed E-state index contributed by atoms with van der Waals surface area (Å²) in [5.74, 6) is -2.32. The number of halogens is 2. The van der Waals surface area contributed by atoms with Crippen LogP contribution in [0.5, 0.6) is 11.6 Å². The highest BCUT2D eigenvalue weighted by Crippen LogP contribution is 2.37. The molecule has 0 aliphatic rings. The van der Waals surface area contributed by atoms with Crippen LogP contribution in [0.3, 0.4) is 0 Å². The molecule has 1 unspecified atom stereocenters. The maximum atomic E-state index is 12.7. The molecule has 1 aromatic carbocycles. The number of carboxylic acid groups (broad SMARTS) is 1. The highest BCUT2D eigenvalue weighted by Gasteiger charge is 2.20. The number of aromatic nitrogens is 5. The number of H-pyrrole nitrogens is 1. The first-order valence-electron chi connectivity index (χ1n) is 10.1. The van der Waals surface area contributed by atoms with Gasteiger partial charge in [0.05, 0.1) is 28.2 Å². The first-order valence-corrected chi connectivity index (χ1v) is 10.8. The van der Waals surface area contributed by atoms with Crippen molar-refractivity contribution in [1.29, 1.82) is 5.26 Å². The third-order valence-corrected chi connectivity index (χ3v) is 5.40. The van der Waals surface area contributed by atoms with Gasteiger partial charge in [-0.25, -0.2) is 9.48 Å². The molecule has 0 radical (unpaired) electrons. The van der Waals surface area contributed by atoms with Gasteiger partial charge in [0.2, 0.25) is 11.6 Å². The molecule has 0 saturated heterocycles. The lowest BCUT2D eigenvalue weighted by molar-refractivity contribution is -0.141. The minimum absolute atomic E-state index is 0.0428. The Bertz CT molecular complexity index is 1510. The molecule has 2 N–H and O–H groups in total. The number of nitriles is 1. The van der Waals surface area contributed by atoms with Crippen molar-refractivity contribution < 1.29 is 14.6 Å². The number of hydrogen-bond acceptors (Lipinski definition) is 8. The molecule has 1 atom stereocenters. The van der Waals surface area contributed by atoms with Crippen molar-refractivity contribution >= 4 is 29.2 Å². The van der Waals surface area contributed by atoms with Crippen molar-refractivity contribution in [3.05, 3.63) is 70.7 Å². The molecule has 0 saturated carbocycles. The van der Waals surface area contributed by atoms with Crippen LogP contribution in [0.4, 0.5) is 0 Å². The standard InChI is InChI=1S/C21H18Cl2N6O6/c1-9(2)12-6-16(27-28(19(12)31)8-10(3)20(32)33)35-17-13(22)4-11(5-14(17)23)29-21(34)25-18(30)15(7-24)26-29/h4-6,9-10H,8H2,1-3H3,(H,32,33)(H,25,30,34). The minimum atomic E-state index is -1.09. The first-order chi connectivity index (χ1) is 16.4. The van der Waals surface area contributed by atoms with Crippen LogP contribution in [-0.2, 0) is 11.3 Å². The van der Waals surface area contributed by atoms with Crippen molar-refractivity contribution in [1.82, 2.24) is 24.5 Å². The van der Waals surface area contributed by atoms with E-state index in [0.29, 0.717) is 5.56 Å². The Balaban J connectivity index is 2.07. The van der Waals surface area contributed by atoms with E-state index in [0.717, 1.165) is 9.36 Å². The molecule has 14 heteroatoms. The van der Waals surface area contributed by atoms with Gasteiger partial charge in [0, 0.05) is 11.6 Å². The zero-order chi connectivity index (χ0) is 26.0. The molecular weight excluding hydrogens is 503 g/mol. The van der Waals surface area contributed by atoms with Crippen LogP contribution in [0, 0.1) is 17.2 Å². The number of nitrogens with one attached hydrogen (secondary N) is 1. The molecule has 0 spiro atoms. The molecule has 0 aliphatic heterocycles. The Morgan fingerprint density at radius 1 is 1.17 bits per heavy atom. The second-order valence-corrected chi connectivity index (χ2v) is 8.61. The topological polar surface area (TPSA) is 173 Å². The summed E-state index contributed by atoms with van der Waals surface area (Å²) in [6.45, 7) is 4.82. The summed E-state index contributed by atoms with van der Waals surface area (Å²) in [5, 5.41) is 25.9. The Kier molecular flexibility index (Phi) is 7.42. The van der Waals surface area contributed by atoms with Gasteiger partial charge in [-0.1, -0.05) is 44.0 Å². The van der Waals surface area contributed by atoms with E-state index in [-0.39, 0.29) is 39.8 Å². The molecule has 3 rings (SSSR count). The SMILES string of the molecule is CC(Cn1nc(Oc2c(Cl)cc(-n3nc(C#N)c(=O)[nH]c3=O)cc2Cl)cc(C(C)C)c1=O)C(=O)O. The number of ether oxygens (including phenoxy) is 1. The van der Waals surface area contributed by atoms with E-state index in [4.69, 9.17) is 33.2 Å². The lowest BCUT2D eigenvalue weighted by Gasteiger charge is -2.16. The Morgan fingerprint density at radius 3 is 2.34 bits per heavy atom. The van der Waals surface area contributed by atoms with Gasteiger partial charge in [0.1, 0.15) is 6.07 Å². The average Bonchev–Trinajstić information content (AvgIpc) is 2.77. The highest BCUT2D eigenvalue weighted by atomic mass is 35.5. The predicted molar refractivity (Wildman–Crippen MR) is 125 cm³/mol. The first kappa shape index (κ1) is 25.7. The van der Waals surface area contributed by atoms with Gasteiger partial charge >= 0.3 is 11.7 Å².